The molecule has 15 heavy (non-hydrogen) atoms. The summed E-state index contributed by atoms with van der Waals surface area (Å²) in [5.41, 5.74) is 6.98. The number of anilines is 1. The van der Waals surface area contributed by atoms with E-state index in [0.29, 0.717) is 0 Å². The van der Waals surface area contributed by atoms with E-state index in [-0.39, 0.29) is 17.6 Å². The molecule has 0 saturated carbocycles. The highest BCUT2D eigenvalue weighted by molar-refractivity contribution is 6.20. The Morgan fingerprint density at radius 2 is 2.07 bits per heavy atom. The standard InChI is InChI=1S/C11H16ClN3/c12-11-10(13)9(6-7-14-11)15-8-4-2-1-3-5-8/h1-5,9-11,14-15H,6-7,13H2. The number of piperidine rings is 1. The second-order valence-electron chi connectivity index (χ2n) is 3.84. The molecule has 1 saturated heterocycles. The second-order valence-corrected chi connectivity index (χ2v) is 4.31. The average molecular weight is 226 g/mol. The molecule has 0 aromatic heterocycles. The van der Waals surface area contributed by atoms with Crippen molar-refractivity contribution in [1.29, 1.82) is 0 Å². The summed E-state index contributed by atoms with van der Waals surface area (Å²) in [5.74, 6) is 0. The molecule has 1 heterocycles. The number of benzene rings is 1. The number of nitrogens with two attached hydrogens (primary N) is 1. The van der Waals surface area contributed by atoms with Crippen molar-refractivity contribution in [3.8, 4) is 0 Å². The van der Waals surface area contributed by atoms with E-state index in [0.717, 1.165) is 18.7 Å². The third-order valence-corrected chi connectivity index (χ3v) is 3.17. The Bertz CT molecular complexity index is 304. The predicted molar refractivity (Wildman–Crippen MR) is 64.1 cm³/mol. The van der Waals surface area contributed by atoms with Gasteiger partial charge in [-0.05, 0) is 25.1 Å². The van der Waals surface area contributed by atoms with Crippen molar-refractivity contribution in [3.05, 3.63) is 30.3 Å². The van der Waals surface area contributed by atoms with E-state index in [9.17, 15) is 0 Å². The summed E-state index contributed by atoms with van der Waals surface area (Å²) in [6, 6.07) is 10.3. The predicted octanol–water partition coefficient (Wildman–Crippen LogP) is 1.35. The van der Waals surface area contributed by atoms with Gasteiger partial charge >= 0.3 is 0 Å². The summed E-state index contributed by atoms with van der Waals surface area (Å²) < 4.78 is 0. The van der Waals surface area contributed by atoms with Gasteiger partial charge in [-0.15, -0.1) is 11.6 Å². The number of alkyl halides is 1. The molecule has 0 radical (unpaired) electrons. The molecule has 3 unspecified atom stereocenters. The first-order chi connectivity index (χ1) is 7.27. The molecule has 0 aliphatic carbocycles. The van der Waals surface area contributed by atoms with Crippen LogP contribution in [0.2, 0.25) is 0 Å². The fourth-order valence-electron chi connectivity index (χ4n) is 1.83. The molecule has 82 valence electrons. The highest BCUT2D eigenvalue weighted by Crippen LogP contribution is 2.16. The van der Waals surface area contributed by atoms with Gasteiger partial charge in [0, 0.05) is 11.7 Å². The van der Waals surface area contributed by atoms with Crippen LogP contribution >= 0.6 is 11.6 Å². The van der Waals surface area contributed by atoms with Crippen LogP contribution in [0.4, 0.5) is 5.69 Å². The Hall–Kier alpha value is -0.770. The number of nitrogens with one attached hydrogen (secondary N) is 2. The molecule has 4 N–H and O–H groups in total. The summed E-state index contributed by atoms with van der Waals surface area (Å²) >= 11 is 6.05. The van der Waals surface area contributed by atoms with E-state index < -0.39 is 0 Å². The van der Waals surface area contributed by atoms with Crippen molar-refractivity contribution in [1.82, 2.24) is 5.32 Å². The zero-order valence-electron chi connectivity index (χ0n) is 8.49. The average Bonchev–Trinajstić information content (AvgIpc) is 2.26. The van der Waals surface area contributed by atoms with Crippen LogP contribution in [-0.4, -0.2) is 24.1 Å². The molecule has 0 spiro atoms. The molecule has 0 amide bonds. The lowest BCUT2D eigenvalue weighted by Crippen LogP contribution is -2.56. The highest BCUT2D eigenvalue weighted by Gasteiger charge is 2.28. The van der Waals surface area contributed by atoms with E-state index in [1.807, 2.05) is 30.3 Å². The molecule has 1 aliphatic heterocycles. The van der Waals surface area contributed by atoms with Gasteiger partial charge in [-0.2, -0.15) is 0 Å². The van der Waals surface area contributed by atoms with Gasteiger partial charge in [0.05, 0.1) is 11.5 Å². The van der Waals surface area contributed by atoms with Gasteiger partial charge in [-0.1, -0.05) is 18.2 Å². The summed E-state index contributed by atoms with van der Waals surface area (Å²) in [4.78, 5) is 0. The summed E-state index contributed by atoms with van der Waals surface area (Å²) in [7, 11) is 0. The van der Waals surface area contributed by atoms with Crippen molar-refractivity contribution >= 4 is 17.3 Å². The van der Waals surface area contributed by atoms with Gasteiger partial charge in [0.25, 0.3) is 0 Å². The highest BCUT2D eigenvalue weighted by atomic mass is 35.5. The molecule has 1 fully saturated rings. The van der Waals surface area contributed by atoms with Gasteiger partial charge < -0.3 is 11.1 Å². The van der Waals surface area contributed by atoms with E-state index in [1.54, 1.807) is 0 Å². The molecule has 1 aromatic carbocycles. The first-order valence-electron chi connectivity index (χ1n) is 5.22. The van der Waals surface area contributed by atoms with E-state index in [2.05, 4.69) is 10.6 Å². The van der Waals surface area contributed by atoms with E-state index in [4.69, 9.17) is 17.3 Å². The van der Waals surface area contributed by atoms with Crippen molar-refractivity contribution < 1.29 is 0 Å². The van der Waals surface area contributed by atoms with Gasteiger partial charge in [0.15, 0.2) is 0 Å². The lowest BCUT2D eigenvalue weighted by Gasteiger charge is -2.34. The quantitative estimate of drug-likeness (QED) is 0.526. The maximum absolute atomic E-state index is 6.05. The lowest BCUT2D eigenvalue weighted by atomic mass is 10.0. The van der Waals surface area contributed by atoms with Crippen LogP contribution in [0.5, 0.6) is 0 Å². The zero-order chi connectivity index (χ0) is 10.7. The molecule has 1 aliphatic rings. The van der Waals surface area contributed by atoms with Crippen LogP contribution in [0.1, 0.15) is 6.42 Å². The molecular formula is C11H16ClN3. The number of rotatable bonds is 2. The van der Waals surface area contributed by atoms with Crippen LogP contribution in [0, 0.1) is 0 Å². The van der Waals surface area contributed by atoms with Gasteiger partial charge in [0.1, 0.15) is 0 Å². The molecule has 3 atom stereocenters. The number of hydrogen-bond donors (Lipinski definition) is 3. The summed E-state index contributed by atoms with van der Waals surface area (Å²) in [5, 5.41) is 6.56. The Kier molecular flexibility index (Phi) is 3.46. The molecule has 2 rings (SSSR count). The van der Waals surface area contributed by atoms with Crippen LogP contribution < -0.4 is 16.4 Å². The third-order valence-electron chi connectivity index (χ3n) is 2.72. The van der Waals surface area contributed by atoms with Crippen molar-refractivity contribution in [2.75, 3.05) is 11.9 Å². The van der Waals surface area contributed by atoms with Crippen molar-refractivity contribution in [3.63, 3.8) is 0 Å². The molecule has 1 aromatic rings. The minimum absolute atomic E-state index is 0.0550. The minimum Gasteiger partial charge on any atom is -0.381 e. The van der Waals surface area contributed by atoms with Gasteiger partial charge in [-0.3, -0.25) is 5.32 Å². The first-order valence-corrected chi connectivity index (χ1v) is 5.65. The maximum Gasteiger partial charge on any atom is 0.0998 e. The van der Waals surface area contributed by atoms with E-state index >= 15 is 0 Å². The Morgan fingerprint density at radius 1 is 1.33 bits per heavy atom. The SMILES string of the molecule is NC1C(Cl)NCCC1Nc1ccccc1. The van der Waals surface area contributed by atoms with Crippen LogP contribution in [0.3, 0.4) is 0 Å². The third kappa shape index (κ3) is 2.62. The Balaban J connectivity index is 1.99. The monoisotopic (exact) mass is 225 g/mol. The van der Waals surface area contributed by atoms with Crippen LogP contribution in [-0.2, 0) is 0 Å². The number of halogens is 1. The Labute approximate surface area is 95.0 Å². The number of para-hydroxylation sites is 1. The molecular weight excluding hydrogens is 210 g/mol. The molecule has 0 bridgehead atoms. The van der Waals surface area contributed by atoms with Crippen molar-refractivity contribution in [2.45, 2.75) is 24.0 Å². The van der Waals surface area contributed by atoms with Crippen molar-refractivity contribution in [2.24, 2.45) is 5.73 Å². The lowest BCUT2D eigenvalue weighted by molar-refractivity contribution is 0.392. The smallest absolute Gasteiger partial charge is 0.0998 e. The second kappa shape index (κ2) is 4.84. The summed E-state index contributed by atoms with van der Waals surface area (Å²) in [6.45, 7) is 0.909. The first kappa shape index (κ1) is 10.7. The van der Waals surface area contributed by atoms with E-state index in [1.165, 1.54) is 0 Å². The van der Waals surface area contributed by atoms with Crippen LogP contribution in [0.15, 0.2) is 30.3 Å². The minimum atomic E-state index is -0.139. The topological polar surface area (TPSA) is 50.1 Å². The maximum atomic E-state index is 6.05. The summed E-state index contributed by atoms with van der Waals surface area (Å²) in [6.07, 6.45) is 0.999. The van der Waals surface area contributed by atoms with Gasteiger partial charge in [-0.25, -0.2) is 0 Å². The normalized spacial score (nSPS) is 31.2. The largest absolute Gasteiger partial charge is 0.381 e. The molecule has 4 heteroatoms. The van der Waals surface area contributed by atoms with Gasteiger partial charge in [0.2, 0.25) is 0 Å². The van der Waals surface area contributed by atoms with Crippen LogP contribution in [0.25, 0.3) is 0 Å². The fraction of sp³-hybridized carbons (Fsp3) is 0.455. The number of hydrogen-bond acceptors (Lipinski definition) is 3. The fourth-order valence-corrected chi connectivity index (χ4v) is 2.11. The zero-order valence-corrected chi connectivity index (χ0v) is 9.24. The Morgan fingerprint density at radius 3 is 2.80 bits per heavy atom. The molecule has 3 nitrogen and oxygen atoms in total.